The maximum Gasteiger partial charge on any atom is 0.313 e. The molecule has 0 amide bonds. The van der Waals surface area contributed by atoms with E-state index in [2.05, 4.69) is 0 Å². The molecule has 0 N–H and O–H groups in total. The van der Waals surface area contributed by atoms with Gasteiger partial charge in [-0.1, -0.05) is 18.9 Å². The number of benzene rings is 1. The smallest absolute Gasteiger partial charge is 0.313 e. The maximum absolute atomic E-state index is 14.1. The minimum Gasteiger partial charge on any atom is -0.458 e. The van der Waals surface area contributed by atoms with Gasteiger partial charge >= 0.3 is 5.97 Å². The Hall–Kier alpha value is -1.76. The molecule has 1 atom stereocenters. The minimum atomic E-state index is -3.61. The van der Waals surface area contributed by atoms with Gasteiger partial charge in [-0.2, -0.15) is 0 Å². The number of hydrogen-bond donors (Lipinski definition) is 0. The second kappa shape index (κ2) is 7.10. The van der Waals surface area contributed by atoms with Gasteiger partial charge < -0.3 is 4.74 Å². The lowest BCUT2D eigenvalue weighted by molar-refractivity contribution is -0.178. The number of Topliss-reactive ketones (excluding diaryl/α,β-unsaturated/α-hetero) is 1. The molecule has 0 spiro atoms. The van der Waals surface area contributed by atoms with Crippen LogP contribution < -0.4 is 0 Å². The van der Waals surface area contributed by atoms with E-state index in [9.17, 15) is 22.4 Å². The lowest BCUT2D eigenvalue weighted by atomic mass is 9.76. The molecule has 1 aromatic rings. The van der Waals surface area contributed by atoms with Gasteiger partial charge in [0, 0.05) is 12.7 Å². The Kier molecular flexibility index (Phi) is 5.19. The standard InChI is InChI=1S/C19H23FO5S/c1-26(23,24)17-7-6-13(10-16(17)20)8-9-19(14-4-2-3-5-14)12-15(21)11-18(22)25-19/h6-7,10,14H,2-5,8-9,11-12H2,1H3. The van der Waals surface area contributed by atoms with Crippen molar-refractivity contribution in [3.05, 3.63) is 29.6 Å². The average molecular weight is 382 g/mol. The lowest BCUT2D eigenvalue weighted by Gasteiger charge is -2.41. The Bertz CT molecular complexity index is 808. The van der Waals surface area contributed by atoms with Crippen molar-refractivity contribution in [2.24, 2.45) is 5.92 Å². The van der Waals surface area contributed by atoms with Gasteiger partial charge in [0.1, 0.15) is 28.5 Å². The second-order valence-electron chi connectivity index (χ2n) is 7.45. The zero-order valence-corrected chi connectivity index (χ0v) is 15.6. The number of carbonyl (C=O) groups is 2. The molecule has 0 bridgehead atoms. The molecule has 1 aliphatic heterocycles. The van der Waals surface area contributed by atoms with E-state index in [0.29, 0.717) is 18.4 Å². The van der Waals surface area contributed by atoms with E-state index >= 15 is 0 Å². The Balaban J connectivity index is 1.81. The molecule has 3 rings (SSSR count). The Morgan fingerprint density at radius 1 is 1.23 bits per heavy atom. The van der Waals surface area contributed by atoms with Crippen molar-refractivity contribution >= 4 is 21.6 Å². The van der Waals surface area contributed by atoms with Gasteiger partial charge in [-0.25, -0.2) is 12.8 Å². The summed E-state index contributed by atoms with van der Waals surface area (Å²) < 4.78 is 42.9. The summed E-state index contributed by atoms with van der Waals surface area (Å²) >= 11 is 0. The molecule has 7 heteroatoms. The fraction of sp³-hybridized carbons (Fsp3) is 0.579. The molecule has 1 unspecified atom stereocenters. The Morgan fingerprint density at radius 2 is 1.92 bits per heavy atom. The molecule has 5 nitrogen and oxygen atoms in total. The fourth-order valence-electron chi connectivity index (χ4n) is 4.24. The number of carbonyl (C=O) groups excluding carboxylic acids is 2. The van der Waals surface area contributed by atoms with Crippen LogP contribution >= 0.6 is 0 Å². The molecule has 142 valence electrons. The van der Waals surface area contributed by atoms with Crippen molar-refractivity contribution < 1.29 is 27.1 Å². The number of aryl methyl sites for hydroxylation is 1. The van der Waals surface area contributed by atoms with Crippen molar-refractivity contribution in [3.63, 3.8) is 0 Å². The normalized spacial score (nSPS) is 24.7. The van der Waals surface area contributed by atoms with Crippen LogP contribution in [0.25, 0.3) is 0 Å². The van der Waals surface area contributed by atoms with Crippen molar-refractivity contribution in [2.45, 2.75) is 61.9 Å². The fourth-order valence-corrected chi connectivity index (χ4v) is 4.96. The molecule has 1 saturated heterocycles. The molecular weight excluding hydrogens is 359 g/mol. The predicted octanol–water partition coefficient (Wildman–Crippen LogP) is 3.00. The number of esters is 1. The molecule has 2 aliphatic rings. The van der Waals surface area contributed by atoms with E-state index in [1.807, 2.05) is 0 Å². The van der Waals surface area contributed by atoms with Gasteiger partial charge in [-0.05, 0) is 49.3 Å². The molecule has 1 aliphatic carbocycles. The van der Waals surface area contributed by atoms with Crippen LogP contribution in [0.5, 0.6) is 0 Å². The Morgan fingerprint density at radius 3 is 2.50 bits per heavy atom. The molecule has 26 heavy (non-hydrogen) atoms. The van der Waals surface area contributed by atoms with Crippen LogP contribution in [-0.4, -0.2) is 32.0 Å². The van der Waals surface area contributed by atoms with Crippen LogP contribution in [0.4, 0.5) is 4.39 Å². The first kappa shape index (κ1) is 19.0. The van der Waals surface area contributed by atoms with Crippen LogP contribution in [0, 0.1) is 11.7 Å². The maximum atomic E-state index is 14.1. The third-order valence-electron chi connectivity index (χ3n) is 5.49. The second-order valence-corrected chi connectivity index (χ2v) is 9.43. The van der Waals surface area contributed by atoms with Crippen molar-refractivity contribution in [1.82, 2.24) is 0 Å². The first-order valence-corrected chi connectivity index (χ1v) is 10.8. The minimum absolute atomic E-state index is 0.105. The Labute approximate surface area is 152 Å². The first-order chi connectivity index (χ1) is 12.2. The number of ketones is 1. The van der Waals surface area contributed by atoms with Crippen molar-refractivity contribution in [2.75, 3.05) is 6.26 Å². The van der Waals surface area contributed by atoms with E-state index in [1.54, 1.807) is 6.07 Å². The zero-order valence-electron chi connectivity index (χ0n) is 14.8. The van der Waals surface area contributed by atoms with Crippen LogP contribution in [0.15, 0.2) is 23.1 Å². The van der Waals surface area contributed by atoms with Gasteiger partial charge in [0.2, 0.25) is 0 Å². The molecular formula is C19H23FO5S. The monoisotopic (exact) mass is 382 g/mol. The number of cyclic esters (lactones) is 1. The van der Waals surface area contributed by atoms with Crippen molar-refractivity contribution in [3.8, 4) is 0 Å². The summed E-state index contributed by atoms with van der Waals surface area (Å²) in [6.45, 7) is 0. The highest BCUT2D eigenvalue weighted by Gasteiger charge is 2.47. The third-order valence-corrected chi connectivity index (χ3v) is 6.62. The van der Waals surface area contributed by atoms with Gasteiger partial charge in [-0.3, -0.25) is 9.59 Å². The summed E-state index contributed by atoms with van der Waals surface area (Å²) in [6.07, 6.45) is 5.80. The number of sulfone groups is 1. The number of halogens is 1. The first-order valence-electron chi connectivity index (χ1n) is 8.92. The third kappa shape index (κ3) is 3.98. The van der Waals surface area contributed by atoms with Crippen molar-refractivity contribution in [1.29, 1.82) is 0 Å². The lowest BCUT2D eigenvalue weighted by Crippen LogP contribution is -2.48. The van der Waals surface area contributed by atoms with Gasteiger partial charge in [0.15, 0.2) is 9.84 Å². The summed E-state index contributed by atoms with van der Waals surface area (Å²) in [5, 5.41) is 0. The number of ether oxygens (including phenoxy) is 1. The van der Waals surface area contributed by atoms with E-state index in [0.717, 1.165) is 31.9 Å². The van der Waals surface area contributed by atoms with Crippen LogP contribution in [0.1, 0.15) is 50.5 Å². The van der Waals surface area contributed by atoms with E-state index in [-0.39, 0.29) is 29.4 Å². The molecule has 1 heterocycles. The summed E-state index contributed by atoms with van der Waals surface area (Å²) in [5.74, 6) is -1.22. The molecule has 0 radical (unpaired) electrons. The highest BCUT2D eigenvalue weighted by molar-refractivity contribution is 7.90. The summed E-state index contributed by atoms with van der Waals surface area (Å²) in [7, 11) is -3.61. The molecule has 1 saturated carbocycles. The largest absolute Gasteiger partial charge is 0.458 e. The highest BCUT2D eigenvalue weighted by Crippen LogP contribution is 2.43. The summed E-state index contributed by atoms with van der Waals surface area (Å²) in [4.78, 5) is 23.6. The predicted molar refractivity (Wildman–Crippen MR) is 92.9 cm³/mol. The van der Waals surface area contributed by atoms with Gasteiger partial charge in [0.05, 0.1) is 0 Å². The number of hydrogen-bond acceptors (Lipinski definition) is 5. The highest BCUT2D eigenvalue weighted by atomic mass is 32.2. The topological polar surface area (TPSA) is 77.5 Å². The summed E-state index contributed by atoms with van der Waals surface area (Å²) in [5.41, 5.74) is -0.184. The van der Waals surface area contributed by atoms with Gasteiger partial charge in [0.25, 0.3) is 0 Å². The quantitative estimate of drug-likeness (QED) is 0.578. The zero-order chi connectivity index (χ0) is 18.9. The van der Waals surface area contributed by atoms with Crippen LogP contribution in [0.3, 0.4) is 0 Å². The number of rotatable bonds is 5. The molecule has 0 aromatic heterocycles. The van der Waals surface area contributed by atoms with E-state index < -0.39 is 27.2 Å². The van der Waals surface area contributed by atoms with Crippen LogP contribution in [0.2, 0.25) is 0 Å². The molecule has 2 fully saturated rings. The van der Waals surface area contributed by atoms with Gasteiger partial charge in [-0.15, -0.1) is 0 Å². The van der Waals surface area contributed by atoms with E-state index in [1.165, 1.54) is 12.1 Å². The van der Waals surface area contributed by atoms with E-state index in [4.69, 9.17) is 4.74 Å². The summed E-state index contributed by atoms with van der Waals surface area (Å²) in [6, 6.07) is 4.06. The van der Waals surface area contributed by atoms with Crippen LogP contribution in [-0.2, 0) is 30.6 Å². The average Bonchev–Trinajstić information content (AvgIpc) is 3.06. The molecule has 1 aromatic carbocycles. The SMILES string of the molecule is CS(=O)(=O)c1ccc(CCC2(C3CCCC3)CC(=O)CC(=O)O2)cc1F.